The Hall–Kier alpha value is -3.88. The first-order chi connectivity index (χ1) is 16.8. The van der Waals surface area contributed by atoms with Gasteiger partial charge in [-0.1, -0.05) is 12.1 Å². The van der Waals surface area contributed by atoms with E-state index in [-0.39, 0.29) is 5.82 Å². The highest BCUT2D eigenvalue weighted by molar-refractivity contribution is 6.11. The lowest BCUT2D eigenvalue weighted by molar-refractivity contribution is -0.139. The topological polar surface area (TPSA) is 94.7 Å². The van der Waals surface area contributed by atoms with Crippen molar-refractivity contribution in [3.05, 3.63) is 65.1 Å². The van der Waals surface area contributed by atoms with Crippen LogP contribution < -0.4 is 10.1 Å². The minimum atomic E-state index is -1.22. The number of rotatable bonds is 6. The second-order valence-electron chi connectivity index (χ2n) is 9.17. The van der Waals surface area contributed by atoms with Gasteiger partial charge in [0.1, 0.15) is 17.6 Å². The zero-order valence-electron chi connectivity index (χ0n) is 19.9. The third kappa shape index (κ3) is 3.53. The summed E-state index contributed by atoms with van der Waals surface area (Å²) in [7, 11) is 1.60. The first-order valence-electron chi connectivity index (χ1n) is 11.6. The first kappa shape index (κ1) is 22.9. The smallest absolute Gasteiger partial charge is 0.328 e. The maximum atomic E-state index is 13.7. The van der Waals surface area contributed by atoms with Crippen LogP contribution in [0.4, 0.5) is 9.18 Å². The number of benzene rings is 2. The number of aromatic nitrogens is 1. The standard InChI is InChI=1S/C26H27FN4O4/c1-15(23(32)28-12-10-16-4-6-17(27)7-5-16)31-24(33)26(2)22-19(11-13-30(26)25(31)34)20-14-18(35-3)8-9-21(20)29-22/h4-9,14-15,29H,10-13H2,1-3H3,(H,28,32)/t15-,26-/m0/s1. The van der Waals surface area contributed by atoms with Crippen LogP contribution in [0.25, 0.3) is 10.9 Å². The highest BCUT2D eigenvalue weighted by atomic mass is 19.1. The number of carbonyl (C=O) groups is 3. The molecule has 0 radical (unpaired) electrons. The molecule has 5 rings (SSSR count). The van der Waals surface area contributed by atoms with Crippen molar-refractivity contribution >= 4 is 28.7 Å². The molecule has 9 heteroatoms. The van der Waals surface area contributed by atoms with Gasteiger partial charge in [0.05, 0.1) is 12.8 Å². The lowest BCUT2D eigenvalue weighted by Gasteiger charge is -2.36. The Kier molecular flexibility index (Phi) is 5.50. The molecule has 0 unspecified atom stereocenters. The molecule has 1 fully saturated rings. The molecular formula is C26H27FN4O4. The van der Waals surface area contributed by atoms with Crippen molar-refractivity contribution in [1.82, 2.24) is 20.1 Å². The van der Waals surface area contributed by atoms with E-state index in [1.807, 2.05) is 18.2 Å². The van der Waals surface area contributed by atoms with E-state index in [0.29, 0.717) is 37.4 Å². The SMILES string of the molecule is COc1ccc2[nH]c3c(c2c1)CCN1C(=O)N([C@@H](C)C(=O)NCCc2ccc(F)cc2)C(=O)[C@]31C. The average Bonchev–Trinajstić information content (AvgIpc) is 3.32. The Morgan fingerprint density at radius 2 is 1.97 bits per heavy atom. The van der Waals surface area contributed by atoms with Crippen LogP contribution in [0.1, 0.15) is 30.7 Å². The molecule has 0 aliphatic carbocycles. The number of hydrogen-bond donors (Lipinski definition) is 2. The van der Waals surface area contributed by atoms with E-state index < -0.39 is 29.4 Å². The summed E-state index contributed by atoms with van der Waals surface area (Å²) in [4.78, 5) is 45.9. The number of carbonyl (C=O) groups excluding carboxylic acids is 3. The number of H-pyrrole nitrogens is 1. The van der Waals surface area contributed by atoms with Crippen LogP contribution in [0.5, 0.6) is 5.75 Å². The van der Waals surface area contributed by atoms with Crippen LogP contribution in [0.2, 0.25) is 0 Å². The van der Waals surface area contributed by atoms with E-state index in [4.69, 9.17) is 4.74 Å². The molecule has 2 aliphatic heterocycles. The van der Waals surface area contributed by atoms with Gasteiger partial charge in [0.15, 0.2) is 5.54 Å². The molecule has 4 amide bonds. The van der Waals surface area contributed by atoms with Gasteiger partial charge in [-0.3, -0.25) is 9.59 Å². The number of methoxy groups -OCH3 is 1. The molecule has 2 N–H and O–H groups in total. The zero-order chi connectivity index (χ0) is 24.9. The van der Waals surface area contributed by atoms with E-state index in [9.17, 15) is 18.8 Å². The lowest BCUT2D eigenvalue weighted by atomic mass is 9.87. The number of ether oxygens (including phenoxy) is 1. The van der Waals surface area contributed by atoms with Crippen molar-refractivity contribution in [1.29, 1.82) is 0 Å². The van der Waals surface area contributed by atoms with Crippen LogP contribution in [0.15, 0.2) is 42.5 Å². The molecule has 3 heterocycles. The molecule has 1 saturated heterocycles. The highest BCUT2D eigenvalue weighted by Gasteiger charge is 2.60. The lowest BCUT2D eigenvalue weighted by Crippen LogP contribution is -2.50. The Morgan fingerprint density at radius 3 is 2.69 bits per heavy atom. The van der Waals surface area contributed by atoms with E-state index in [1.54, 1.807) is 38.0 Å². The molecular weight excluding hydrogens is 451 g/mol. The number of halogens is 1. The molecule has 2 aliphatic rings. The summed E-state index contributed by atoms with van der Waals surface area (Å²) in [6, 6.07) is 10.3. The first-order valence-corrected chi connectivity index (χ1v) is 11.6. The zero-order valence-corrected chi connectivity index (χ0v) is 19.9. The van der Waals surface area contributed by atoms with Crippen LogP contribution in [-0.2, 0) is 28.0 Å². The van der Waals surface area contributed by atoms with Gasteiger partial charge in [0.2, 0.25) is 5.91 Å². The molecule has 35 heavy (non-hydrogen) atoms. The number of nitrogens with one attached hydrogen (secondary N) is 2. The third-order valence-electron chi connectivity index (χ3n) is 7.19. The molecule has 0 bridgehead atoms. The number of nitrogens with zero attached hydrogens (tertiary/aromatic N) is 2. The number of hydrogen-bond acceptors (Lipinski definition) is 4. The van der Waals surface area contributed by atoms with Crippen molar-refractivity contribution in [2.75, 3.05) is 20.2 Å². The number of amides is 4. The van der Waals surface area contributed by atoms with Crippen molar-refractivity contribution in [3.8, 4) is 5.75 Å². The van der Waals surface area contributed by atoms with Gasteiger partial charge in [-0.2, -0.15) is 0 Å². The van der Waals surface area contributed by atoms with Crippen molar-refractivity contribution in [2.45, 2.75) is 38.3 Å². The quantitative estimate of drug-likeness (QED) is 0.533. The van der Waals surface area contributed by atoms with Gasteiger partial charge in [-0.05, 0) is 68.1 Å². The number of imide groups is 1. The van der Waals surface area contributed by atoms with Crippen molar-refractivity contribution in [2.24, 2.45) is 0 Å². The fraction of sp³-hybridized carbons (Fsp3) is 0.346. The van der Waals surface area contributed by atoms with Gasteiger partial charge in [-0.15, -0.1) is 0 Å². The van der Waals surface area contributed by atoms with Gasteiger partial charge >= 0.3 is 6.03 Å². The van der Waals surface area contributed by atoms with Gasteiger partial charge in [-0.25, -0.2) is 14.1 Å². The van der Waals surface area contributed by atoms with Gasteiger partial charge in [0, 0.05) is 24.0 Å². The molecule has 0 spiro atoms. The molecule has 2 aromatic carbocycles. The number of fused-ring (bicyclic) bond motifs is 5. The normalized spacial score (nSPS) is 20.1. The molecule has 182 valence electrons. The Labute approximate surface area is 202 Å². The minimum Gasteiger partial charge on any atom is -0.497 e. The Morgan fingerprint density at radius 1 is 1.23 bits per heavy atom. The van der Waals surface area contributed by atoms with Gasteiger partial charge in [0.25, 0.3) is 5.91 Å². The Bertz CT molecular complexity index is 1340. The van der Waals surface area contributed by atoms with E-state index >= 15 is 0 Å². The molecule has 0 saturated carbocycles. The summed E-state index contributed by atoms with van der Waals surface area (Å²) in [5, 5.41) is 3.76. The largest absolute Gasteiger partial charge is 0.497 e. The fourth-order valence-electron chi connectivity index (χ4n) is 5.16. The predicted octanol–water partition coefficient (Wildman–Crippen LogP) is 3.10. The fourth-order valence-corrected chi connectivity index (χ4v) is 5.16. The van der Waals surface area contributed by atoms with Crippen molar-refractivity contribution < 1.29 is 23.5 Å². The maximum absolute atomic E-state index is 13.7. The van der Waals surface area contributed by atoms with Crippen molar-refractivity contribution in [3.63, 3.8) is 0 Å². The van der Waals surface area contributed by atoms with E-state index in [2.05, 4.69) is 10.3 Å². The maximum Gasteiger partial charge on any atom is 0.328 e. The monoisotopic (exact) mass is 478 g/mol. The van der Waals surface area contributed by atoms with E-state index in [0.717, 1.165) is 26.9 Å². The highest BCUT2D eigenvalue weighted by Crippen LogP contribution is 2.45. The second kappa shape index (κ2) is 8.41. The van der Waals surface area contributed by atoms with Crippen LogP contribution in [-0.4, -0.2) is 58.9 Å². The number of urea groups is 1. The minimum absolute atomic E-state index is 0.306. The summed E-state index contributed by atoms with van der Waals surface area (Å²) < 4.78 is 18.4. The average molecular weight is 479 g/mol. The van der Waals surface area contributed by atoms with Crippen LogP contribution in [0, 0.1) is 5.82 Å². The summed E-state index contributed by atoms with van der Waals surface area (Å²) >= 11 is 0. The number of aromatic amines is 1. The summed E-state index contributed by atoms with van der Waals surface area (Å²) in [5.41, 5.74) is 2.18. The summed E-state index contributed by atoms with van der Waals surface area (Å²) in [6.45, 7) is 3.96. The molecule has 8 nitrogen and oxygen atoms in total. The summed E-state index contributed by atoms with van der Waals surface area (Å²) in [6.07, 6.45) is 1.09. The molecule has 1 aromatic heterocycles. The summed E-state index contributed by atoms with van der Waals surface area (Å²) in [5.74, 6) is -0.449. The van der Waals surface area contributed by atoms with E-state index in [1.165, 1.54) is 12.1 Å². The van der Waals surface area contributed by atoms with Gasteiger partial charge < -0.3 is 19.9 Å². The third-order valence-corrected chi connectivity index (χ3v) is 7.19. The van der Waals surface area contributed by atoms with Crippen LogP contribution in [0.3, 0.4) is 0 Å². The Balaban J connectivity index is 1.37. The predicted molar refractivity (Wildman–Crippen MR) is 127 cm³/mol. The molecule has 2 atom stereocenters. The second-order valence-corrected chi connectivity index (χ2v) is 9.17. The van der Waals surface area contributed by atoms with Crippen LogP contribution >= 0.6 is 0 Å². The molecule has 3 aromatic rings.